The molecule has 0 aliphatic rings. The summed E-state index contributed by atoms with van der Waals surface area (Å²) in [6.45, 7) is 6.82. The van der Waals surface area contributed by atoms with Gasteiger partial charge in [-0.25, -0.2) is 0 Å². The fourth-order valence-corrected chi connectivity index (χ4v) is 2.91. The van der Waals surface area contributed by atoms with Crippen molar-refractivity contribution < 1.29 is 4.79 Å². The molecule has 0 fully saturated rings. The van der Waals surface area contributed by atoms with Gasteiger partial charge >= 0.3 is 0 Å². The van der Waals surface area contributed by atoms with Crippen LogP contribution in [0.5, 0.6) is 0 Å². The molecule has 0 saturated heterocycles. The highest BCUT2D eigenvalue weighted by molar-refractivity contribution is 9.10. The molecule has 0 bridgehead atoms. The maximum Gasteiger partial charge on any atom is 0.224 e. The van der Waals surface area contributed by atoms with Crippen molar-refractivity contribution in [3.63, 3.8) is 0 Å². The van der Waals surface area contributed by atoms with Crippen molar-refractivity contribution in [2.24, 2.45) is 11.1 Å². The Morgan fingerprint density at radius 3 is 2.61 bits per heavy atom. The first-order valence-electron chi connectivity index (χ1n) is 5.92. The number of carbonyl (C=O) groups is 1. The molecule has 2 N–H and O–H groups in total. The summed E-state index contributed by atoms with van der Waals surface area (Å²) in [6.07, 6.45) is 0.395. The lowest BCUT2D eigenvalue weighted by Crippen LogP contribution is -2.40. The van der Waals surface area contributed by atoms with E-state index in [2.05, 4.69) is 36.7 Å². The van der Waals surface area contributed by atoms with E-state index in [-0.39, 0.29) is 17.4 Å². The van der Waals surface area contributed by atoms with E-state index in [4.69, 9.17) is 5.73 Å². The van der Waals surface area contributed by atoms with Gasteiger partial charge in [0.2, 0.25) is 5.91 Å². The predicted octanol–water partition coefficient (Wildman–Crippen LogP) is 3.23. The van der Waals surface area contributed by atoms with E-state index >= 15 is 0 Å². The van der Waals surface area contributed by atoms with Crippen LogP contribution in [-0.4, -0.2) is 23.9 Å². The summed E-state index contributed by atoms with van der Waals surface area (Å²) in [4.78, 5) is 15.0. The fourth-order valence-electron chi connectivity index (χ4n) is 1.41. The first-order valence-corrected chi connectivity index (χ1v) is 7.60. The minimum atomic E-state index is -0.109. The smallest absolute Gasteiger partial charge is 0.224 e. The van der Waals surface area contributed by atoms with Gasteiger partial charge in [-0.2, -0.15) is 0 Å². The number of amides is 1. The van der Waals surface area contributed by atoms with Gasteiger partial charge in [0.25, 0.3) is 0 Å². The van der Waals surface area contributed by atoms with Gasteiger partial charge in [-0.3, -0.25) is 4.79 Å². The lowest BCUT2D eigenvalue weighted by Gasteiger charge is -2.28. The number of hydrogen-bond donors (Lipinski definition) is 1. The second-order valence-corrected chi connectivity index (χ2v) is 7.57. The second kappa shape index (κ2) is 6.17. The molecular weight excluding hydrogens is 312 g/mol. The number of nitrogens with zero attached hydrogens (tertiary/aromatic N) is 1. The van der Waals surface area contributed by atoms with E-state index < -0.39 is 0 Å². The predicted molar refractivity (Wildman–Crippen MR) is 80.5 cm³/mol. The average Bonchev–Trinajstić information content (AvgIpc) is 2.62. The van der Waals surface area contributed by atoms with Gasteiger partial charge in [-0.05, 0) is 27.4 Å². The van der Waals surface area contributed by atoms with Crippen LogP contribution in [0.3, 0.4) is 0 Å². The van der Waals surface area contributed by atoms with E-state index in [1.807, 2.05) is 18.5 Å². The summed E-state index contributed by atoms with van der Waals surface area (Å²) < 4.78 is 1.06. The number of rotatable bonds is 4. The molecule has 0 aromatic carbocycles. The lowest BCUT2D eigenvalue weighted by molar-refractivity contribution is -0.131. The molecular formula is C13H21BrN2OS. The molecule has 1 unspecified atom stereocenters. The quantitative estimate of drug-likeness (QED) is 0.919. The molecule has 1 aromatic rings. The number of nitrogens with two attached hydrogens (primary N) is 1. The van der Waals surface area contributed by atoms with Crippen molar-refractivity contribution >= 4 is 33.2 Å². The highest BCUT2D eigenvalue weighted by Gasteiger charge is 2.24. The van der Waals surface area contributed by atoms with Crippen molar-refractivity contribution in [2.75, 3.05) is 7.05 Å². The Balaban J connectivity index is 2.52. The van der Waals surface area contributed by atoms with Crippen molar-refractivity contribution in [1.29, 1.82) is 0 Å². The summed E-state index contributed by atoms with van der Waals surface area (Å²) in [6, 6.07) is 1.93. The van der Waals surface area contributed by atoms with Crippen LogP contribution in [0.4, 0.5) is 0 Å². The maximum absolute atomic E-state index is 12.1. The zero-order chi connectivity index (χ0) is 13.9. The topological polar surface area (TPSA) is 46.3 Å². The van der Waals surface area contributed by atoms with Crippen molar-refractivity contribution in [3.8, 4) is 0 Å². The summed E-state index contributed by atoms with van der Waals surface area (Å²) in [5.74, 6) is 0.0990. The van der Waals surface area contributed by atoms with Gasteiger partial charge < -0.3 is 10.6 Å². The summed E-state index contributed by atoms with van der Waals surface area (Å²) in [7, 11) is 1.82. The Hall–Kier alpha value is -0.390. The lowest BCUT2D eigenvalue weighted by atomic mass is 9.85. The van der Waals surface area contributed by atoms with Gasteiger partial charge in [0, 0.05) is 34.2 Å². The van der Waals surface area contributed by atoms with Crippen LogP contribution in [-0.2, 0) is 11.3 Å². The normalized spacial score (nSPS) is 13.4. The van der Waals surface area contributed by atoms with Gasteiger partial charge in [0.1, 0.15) is 0 Å². The Morgan fingerprint density at radius 2 is 2.17 bits per heavy atom. The Kier molecular flexibility index (Phi) is 5.37. The Bertz CT molecular complexity index is 411. The largest absolute Gasteiger partial charge is 0.341 e. The first kappa shape index (κ1) is 15.7. The third-order valence-electron chi connectivity index (χ3n) is 2.95. The van der Waals surface area contributed by atoms with Crippen LogP contribution in [0, 0.1) is 5.41 Å². The first-order chi connectivity index (χ1) is 8.20. The molecule has 1 amide bonds. The molecule has 18 heavy (non-hydrogen) atoms. The molecule has 102 valence electrons. The van der Waals surface area contributed by atoms with Gasteiger partial charge in [-0.15, -0.1) is 11.3 Å². The van der Waals surface area contributed by atoms with Crippen LogP contribution in [0.1, 0.15) is 32.1 Å². The molecule has 5 heteroatoms. The van der Waals surface area contributed by atoms with E-state index in [1.54, 1.807) is 16.2 Å². The molecule has 3 nitrogen and oxygen atoms in total. The summed E-state index contributed by atoms with van der Waals surface area (Å²) >= 11 is 5.06. The van der Waals surface area contributed by atoms with Crippen molar-refractivity contribution in [2.45, 2.75) is 39.8 Å². The molecule has 0 aliphatic heterocycles. The summed E-state index contributed by atoms with van der Waals surface area (Å²) in [5, 5.41) is 2.02. The highest BCUT2D eigenvalue weighted by Crippen LogP contribution is 2.23. The van der Waals surface area contributed by atoms with E-state index in [9.17, 15) is 4.79 Å². The van der Waals surface area contributed by atoms with Gasteiger partial charge in [0.05, 0.1) is 6.54 Å². The Labute approximate surface area is 121 Å². The van der Waals surface area contributed by atoms with E-state index in [0.29, 0.717) is 13.0 Å². The number of hydrogen-bond acceptors (Lipinski definition) is 3. The SMILES string of the molecule is CN(Cc1cc(Br)cs1)C(=O)CC(N)C(C)(C)C. The minimum Gasteiger partial charge on any atom is -0.341 e. The van der Waals surface area contributed by atoms with Crippen LogP contribution in [0.25, 0.3) is 0 Å². The Morgan fingerprint density at radius 1 is 1.56 bits per heavy atom. The number of thiophene rings is 1. The van der Waals surface area contributed by atoms with E-state index in [1.165, 1.54) is 4.88 Å². The van der Waals surface area contributed by atoms with Crippen LogP contribution >= 0.6 is 27.3 Å². The fraction of sp³-hybridized carbons (Fsp3) is 0.615. The van der Waals surface area contributed by atoms with Crippen LogP contribution < -0.4 is 5.73 Å². The van der Waals surface area contributed by atoms with Gasteiger partial charge in [0.15, 0.2) is 0 Å². The number of halogens is 1. The van der Waals surface area contributed by atoms with E-state index in [0.717, 1.165) is 4.47 Å². The monoisotopic (exact) mass is 332 g/mol. The zero-order valence-electron chi connectivity index (χ0n) is 11.4. The molecule has 0 spiro atoms. The third-order valence-corrected chi connectivity index (χ3v) is 4.63. The van der Waals surface area contributed by atoms with Crippen molar-refractivity contribution in [3.05, 3.63) is 20.8 Å². The second-order valence-electron chi connectivity index (χ2n) is 5.66. The third kappa shape index (κ3) is 4.71. The van der Waals surface area contributed by atoms with Crippen LogP contribution in [0.2, 0.25) is 0 Å². The van der Waals surface area contributed by atoms with Crippen LogP contribution in [0.15, 0.2) is 15.9 Å². The number of carbonyl (C=O) groups excluding carboxylic acids is 1. The summed E-state index contributed by atoms with van der Waals surface area (Å²) in [5.41, 5.74) is 6.00. The maximum atomic E-state index is 12.1. The molecule has 0 saturated carbocycles. The van der Waals surface area contributed by atoms with Gasteiger partial charge in [-0.1, -0.05) is 20.8 Å². The average molecular weight is 333 g/mol. The standard InChI is InChI=1S/C13H21BrN2OS/c1-13(2,3)11(15)6-12(17)16(4)7-10-5-9(14)8-18-10/h5,8,11H,6-7,15H2,1-4H3. The molecule has 1 atom stereocenters. The zero-order valence-corrected chi connectivity index (χ0v) is 13.8. The molecule has 0 aliphatic carbocycles. The molecule has 0 radical (unpaired) electrons. The minimum absolute atomic E-state index is 0.0392. The molecule has 1 heterocycles. The molecule has 1 rings (SSSR count). The highest BCUT2D eigenvalue weighted by atomic mass is 79.9. The van der Waals surface area contributed by atoms with Crippen molar-refractivity contribution in [1.82, 2.24) is 4.90 Å². The molecule has 1 aromatic heterocycles.